The second kappa shape index (κ2) is 52.5. The molecule has 1 aromatic heterocycles. The first-order valence-corrected chi connectivity index (χ1v) is 35.0. The second-order valence-corrected chi connectivity index (χ2v) is 25.2. The van der Waals surface area contributed by atoms with Gasteiger partial charge in [-0.2, -0.15) is 4.37 Å². The van der Waals surface area contributed by atoms with Crippen molar-refractivity contribution in [3.8, 4) is 5.88 Å². The van der Waals surface area contributed by atoms with Gasteiger partial charge in [0.25, 0.3) is 5.88 Å². The Morgan fingerprint density at radius 2 is 0.889 bits per heavy atom. The summed E-state index contributed by atoms with van der Waals surface area (Å²) in [6, 6.07) is 0. The fraction of sp³-hybridized carbons (Fsp3) is 0.882. The molecule has 12 nitrogen and oxygen atoms in total. The van der Waals surface area contributed by atoms with Gasteiger partial charge in [0.05, 0.1) is 31.9 Å². The molecule has 0 aliphatic carbocycles. The van der Waals surface area contributed by atoms with E-state index in [0.29, 0.717) is 55.3 Å². The number of likely N-dealkylation sites (N-methyl/N-ethyl adjacent to an activating group) is 1. The van der Waals surface area contributed by atoms with Crippen LogP contribution in [0.2, 0.25) is 0 Å². The van der Waals surface area contributed by atoms with Gasteiger partial charge in [-0.05, 0) is 31.6 Å². The van der Waals surface area contributed by atoms with E-state index in [4.69, 9.17) is 23.7 Å². The van der Waals surface area contributed by atoms with Gasteiger partial charge >= 0.3 is 23.9 Å². The lowest BCUT2D eigenvalue weighted by Gasteiger charge is -2.36. The Hall–Kier alpha value is -3.06. The summed E-state index contributed by atoms with van der Waals surface area (Å²) in [5, 5.41) is 0. The van der Waals surface area contributed by atoms with Gasteiger partial charge in [0, 0.05) is 37.7 Å². The number of quaternary nitrogens is 1. The lowest BCUT2D eigenvalue weighted by Crippen LogP contribution is -2.49. The zero-order valence-electron chi connectivity index (χ0n) is 53.1. The highest BCUT2D eigenvalue weighted by molar-refractivity contribution is 6.99. The van der Waals surface area contributed by atoms with Gasteiger partial charge in [0.2, 0.25) is 6.73 Å². The summed E-state index contributed by atoms with van der Waals surface area (Å²) in [5.74, 6) is -0.0654. The number of unbranched alkanes of at least 4 members (excludes halogenated alkanes) is 37. The molecule has 2 rings (SSSR count). The van der Waals surface area contributed by atoms with Crippen molar-refractivity contribution in [3.63, 3.8) is 0 Å². The lowest BCUT2D eigenvalue weighted by molar-refractivity contribution is -0.919. The highest BCUT2D eigenvalue weighted by atomic mass is 32.1. The standard InChI is InChI=1S/C68H124N3O9S/c1-6-9-12-15-17-19-21-23-27-31-35-39-43-50-63(72)77-57-62(58-78-64(73)51-44-40-36-32-28-24-22-20-18-16-13-10-7-2)80-65(74)52-45-41-37-33-29-25-26-30-34-38-42-48-60(4)55-66(75)79-59-71(5)53-47-49-61(56-71)67-68(70-81-69-67)76-54-46-14-11-8-3/h49,60,62H,6-48,50-59H2,1-5H3/q+1. The number of rotatable bonds is 58. The Morgan fingerprint density at radius 3 is 1.33 bits per heavy atom. The first kappa shape index (κ1) is 74.0. The molecule has 81 heavy (non-hydrogen) atoms. The molecule has 1 aliphatic rings. The van der Waals surface area contributed by atoms with Gasteiger partial charge in [-0.15, -0.1) is 4.37 Å². The van der Waals surface area contributed by atoms with E-state index in [-0.39, 0.29) is 37.1 Å². The molecular formula is C68H124N3O9S+. The number of esters is 4. The number of nitrogens with zero attached hydrogens (tertiary/aromatic N) is 3. The van der Waals surface area contributed by atoms with Crippen molar-refractivity contribution in [2.45, 2.75) is 336 Å². The van der Waals surface area contributed by atoms with Crippen LogP contribution in [0, 0.1) is 5.92 Å². The maximum Gasteiger partial charge on any atom is 0.310 e. The second-order valence-electron chi connectivity index (χ2n) is 24.7. The summed E-state index contributed by atoms with van der Waals surface area (Å²) in [5.41, 5.74) is 1.97. The molecule has 2 unspecified atom stereocenters. The topological polar surface area (TPSA) is 140 Å². The number of hydrogen-bond donors (Lipinski definition) is 0. The van der Waals surface area contributed by atoms with Crippen molar-refractivity contribution >= 4 is 41.2 Å². The van der Waals surface area contributed by atoms with Crippen LogP contribution in [0.5, 0.6) is 5.88 Å². The molecular weight excluding hydrogens is 1030 g/mol. The maximum absolute atomic E-state index is 13.0. The predicted molar refractivity (Wildman–Crippen MR) is 335 cm³/mol. The first-order chi connectivity index (χ1) is 39.6. The van der Waals surface area contributed by atoms with Crippen molar-refractivity contribution in [1.82, 2.24) is 8.75 Å². The normalized spacial score (nSPS) is 14.7. The predicted octanol–water partition coefficient (Wildman–Crippen LogP) is 19.3. The molecule has 0 saturated heterocycles. The zero-order chi connectivity index (χ0) is 58.5. The van der Waals surface area contributed by atoms with Gasteiger partial charge in [0.15, 0.2) is 6.10 Å². The van der Waals surface area contributed by atoms with Crippen LogP contribution >= 0.6 is 11.7 Å². The van der Waals surface area contributed by atoms with Crippen molar-refractivity contribution in [2.75, 3.05) is 46.7 Å². The number of aromatic nitrogens is 2. The maximum atomic E-state index is 13.0. The van der Waals surface area contributed by atoms with Crippen molar-refractivity contribution in [2.24, 2.45) is 5.92 Å². The molecule has 0 fully saturated rings. The highest BCUT2D eigenvalue weighted by Gasteiger charge is 2.31. The molecule has 13 heteroatoms. The highest BCUT2D eigenvalue weighted by Crippen LogP contribution is 2.30. The quantitative estimate of drug-likeness (QED) is 0.0266. The van der Waals surface area contributed by atoms with E-state index in [1.165, 1.54) is 192 Å². The molecule has 0 amide bonds. The van der Waals surface area contributed by atoms with Crippen molar-refractivity contribution in [1.29, 1.82) is 0 Å². The summed E-state index contributed by atoms with van der Waals surface area (Å²) in [6.07, 6.45) is 54.3. The summed E-state index contributed by atoms with van der Waals surface area (Å²) in [7, 11) is 2.15. The van der Waals surface area contributed by atoms with Crippen molar-refractivity contribution in [3.05, 3.63) is 11.8 Å². The van der Waals surface area contributed by atoms with Crippen molar-refractivity contribution < 1.29 is 47.3 Å². The van der Waals surface area contributed by atoms with Gasteiger partial charge < -0.3 is 23.7 Å². The van der Waals surface area contributed by atoms with Crippen LogP contribution in [-0.4, -0.2) is 89.9 Å². The number of carbonyl (C=O) groups excluding carboxylic acids is 4. The van der Waals surface area contributed by atoms with E-state index in [1.54, 1.807) is 0 Å². The lowest BCUT2D eigenvalue weighted by atomic mass is 9.99. The summed E-state index contributed by atoms with van der Waals surface area (Å²) in [6.45, 7) is 11.4. The van der Waals surface area contributed by atoms with Gasteiger partial charge in [0.1, 0.15) is 25.5 Å². The van der Waals surface area contributed by atoms with Crippen LogP contribution < -0.4 is 4.74 Å². The van der Waals surface area contributed by atoms with E-state index in [0.717, 1.165) is 121 Å². The molecule has 0 bridgehead atoms. The Balaban J connectivity index is 1.56. The van der Waals surface area contributed by atoms with Crippen LogP contribution in [-0.2, 0) is 38.1 Å². The average Bonchev–Trinajstić information content (AvgIpc) is 4.08. The summed E-state index contributed by atoms with van der Waals surface area (Å²) < 4.78 is 38.5. The molecule has 0 saturated carbocycles. The third-order valence-corrected chi connectivity index (χ3v) is 16.9. The molecule has 2 heterocycles. The molecule has 0 aromatic carbocycles. The largest absolute Gasteiger partial charge is 0.475 e. The Kier molecular flexibility index (Phi) is 48.0. The summed E-state index contributed by atoms with van der Waals surface area (Å²) in [4.78, 5) is 51.3. The Morgan fingerprint density at radius 1 is 0.494 bits per heavy atom. The molecule has 0 N–H and O–H groups in total. The van der Waals surface area contributed by atoms with Gasteiger partial charge in [-0.1, -0.05) is 278 Å². The minimum absolute atomic E-state index is 0.0885. The van der Waals surface area contributed by atoms with Crippen LogP contribution in [0.3, 0.4) is 0 Å². The van der Waals surface area contributed by atoms with E-state index in [9.17, 15) is 19.2 Å². The Labute approximate surface area is 500 Å². The number of ether oxygens (including phenoxy) is 5. The van der Waals surface area contributed by atoms with Gasteiger partial charge in [-0.3, -0.25) is 23.7 Å². The van der Waals surface area contributed by atoms with E-state index in [2.05, 4.69) is 49.6 Å². The monoisotopic (exact) mass is 1160 g/mol. The fourth-order valence-electron chi connectivity index (χ4n) is 11.0. The minimum Gasteiger partial charge on any atom is -0.475 e. The minimum atomic E-state index is -0.795. The molecule has 0 spiro atoms. The van der Waals surface area contributed by atoms with Crippen LogP contribution in [0.25, 0.3) is 5.57 Å². The number of hydrogen-bond acceptors (Lipinski definition) is 12. The molecule has 0 radical (unpaired) electrons. The SMILES string of the molecule is CCCCCCCCCCCCCCCC(=O)OCC(COC(=O)CCCCCCCCCCCCCCC)OC(=O)CCCCCCCCCCCCCC(C)CC(=O)OC[N+]1(C)CCC=C(c2nsnc2OCCCCCC)C1. The van der Waals surface area contributed by atoms with E-state index in [1.807, 2.05) is 0 Å². The fourth-order valence-corrected chi connectivity index (χ4v) is 11.6. The summed E-state index contributed by atoms with van der Waals surface area (Å²) >= 11 is 1.20. The smallest absolute Gasteiger partial charge is 0.310 e. The third kappa shape index (κ3) is 43.3. The molecule has 470 valence electrons. The molecule has 1 aliphatic heterocycles. The zero-order valence-corrected chi connectivity index (χ0v) is 53.9. The third-order valence-electron chi connectivity index (χ3n) is 16.4. The van der Waals surface area contributed by atoms with E-state index < -0.39 is 6.10 Å². The average molecular weight is 1160 g/mol. The van der Waals surface area contributed by atoms with E-state index >= 15 is 0 Å². The molecule has 1 aromatic rings. The van der Waals surface area contributed by atoms with Crippen LogP contribution in [0.15, 0.2) is 6.08 Å². The first-order valence-electron chi connectivity index (χ1n) is 34.2. The van der Waals surface area contributed by atoms with Crippen LogP contribution in [0.4, 0.5) is 0 Å². The van der Waals surface area contributed by atoms with Gasteiger partial charge in [-0.25, -0.2) is 0 Å². The number of carbonyl (C=O) groups is 4. The molecule has 2 atom stereocenters. The van der Waals surface area contributed by atoms with Crippen LogP contribution in [0.1, 0.15) is 335 Å². The Bertz CT molecular complexity index is 1660.